The van der Waals surface area contributed by atoms with Crippen molar-refractivity contribution in [1.82, 2.24) is 9.55 Å². The molecular weight excluding hydrogens is 442 g/mol. The normalized spacial score (nSPS) is 13.0. The van der Waals surface area contributed by atoms with E-state index in [-0.39, 0.29) is 17.2 Å². The number of carbonyl (C=O) groups excluding carboxylic acids is 1. The summed E-state index contributed by atoms with van der Waals surface area (Å²) in [5, 5.41) is 4.44. The second-order valence-corrected chi connectivity index (χ2v) is 9.90. The number of thioether (sulfide) groups is 1. The Morgan fingerprint density at radius 2 is 2.00 bits per heavy atom. The molecule has 1 aromatic carbocycles. The van der Waals surface area contributed by atoms with Crippen LogP contribution in [0, 0.1) is 0 Å². The first-order chi connectivity index (χ1) is 15.6. The summed E-state index contributed by atoms with van der Waals surface area (Å²) in [4.78, 5) is 33.1. The number of rotatable bonds is 9. The number of para-hydroxylation sites is 1. The first-order valence-corrected chi connectivity index (χ1v) is 12.9. The SMILES string of the molecule is CCc1cccc(CC)c1NC(=O)CSc1nc2sc3c(c2c(=O)n1CCOC)CCC3. The molecule has 0 bridgehead atoms. The third-order valence-electron chi connectivity index (χ3n) is 5.90. The Balaban J connectivity index is 1.59. The smallest absolute Gasteiger partial charge is 0.263 e. The highest BCUT2D eigenvalue weighted by molar-refractivity contribution is 7.99. The van der Waals surface area contributed by atoms with E-state index in [1.54, 1.807) is 23.0 Å². The number of benzene rings is 1. The minimum atomic E-state index is -0.0908. The lowest BCUT2D eigenvalue weighted by Crippen LogP contribution is -2.26. The average Bonchev–Trinajstić information content (AvgIpc) is 3.38. The minimum Gasteiger partial charge on any atom is -0.383 e. The quantitative estimate of drug-likeness (QED) is 0.369. The topological polar surface area (TPSA) is 73.2 Å². The zero-order valence-corrected chi connectivity index (χ0v) is 20.5. The molecule has 2 heterocycles. The van der Waals surface area contributed by atoms with Crippen molar-refractivity contribution in [1.29, 1.82) is 0 Å². The Bertz CT molecular complexity index is 1180. The number of hydrogen-bond acceptors (Lipinski definition) is 6. The molecule has 6 nitrogen and oxygen atoms in total. The number of aryl methyl sites for hydroxylation is 4. The van der Waals surface area contributed by atoms with Gasteiger partial charge in [-0.05, 0) is 48.8 Å². The molecule has 1 aliphatic rings. The van der Waals surface area contributed by atoms with Crippen molar-refractivity contribution in [3.05, 3.63) is 50.1 Å². The molecule has 0 atom stereocenters. The summed E-state index contributed by atoms with van der Waals surface area (Å²) in [6, 6.07) is 6.14. The number of anilines is 1. The summed E-state index contributed by atoms with van der Waals surface area (Å²) >= 11 is 2.94. The van der Waals surface area contributed by atoms with Gasteiger partial charge in [0.25, 0.3) is 5.56 Å². The van der Waals surface area contributed by atoms with E-state index < -0.39 is 0 Å². The Morgan fingerprint density at radius 1 is 1.25 bits per heavy atom. The fourth-order valence-electron chi connectivity index (χ4n) is 4.26. The molecule has 1 N–H and O–H groups in total. The lowest BCUT2D eigenvalue weighted by molar-refractivity contribution is -0.113. The van der Waals surface area contributed by atoms with E-state index in [4.69, 9.17) is 9.72 Å². The van der Waals surface area contributed by atoms with Crippen LogP contribution in [-0.2, 0) is 41.8 Å². The van der Waals surface area contributed by atoms with Gasteiger partial charge in [0.1, 0.15) is 4.83 Å². The van der Waals surface area contributed by atoms with E-state index in [2.05, 4.69) is 31.3 Å². The van der Waals surface area contributed by atoms with Crippen molar-refractivity contribution in [3.63, 3.8) is 0 Å². The van der Waals surface area contributed by atoms with Gasteiger partial charge in [-0.3, -0.25) is 14.2 Å². The van der Waals surface area contributed by atoms with Gasteiger partial charge in [0.05, 0.1) is 24.3 Å². The molecule has 1 aliphatic carbocycles. The number of carbonyl (C=O) groups is 1. The molecule has 0 radical (unpaired) electrons. The summed E-state index contributed by atoms with van der Waals surface area (Å²) < 4.78 is 6.90. The second-order valence-electron chi connectivity index (χ2n) is 7.88. The van der Waals surface area contributed by atoms with Crippen LogP contribution in [0.1, 0.15) is 41.8 Å². The van der Waals surface area contributed by atoms with Crippen molar-refractivity contribution in [2.24, 2.45) is 0 Å². The highest BCUT2D eigenvalue weighted by atomic mass is 32.2. The monoisotopic (exact) mass is 471 g/mol. The number of nitrogens with zero attached hydrogens (tertiary/aromatic N) is 2. The third kappa shape index (κ3) is 4.49. The van der Waals surface area contributed by atoms with Crippen LogP contribution in [0.25, 0.3) is 10.2 Å². The summed E-state index contributed by atoms with van der Waals surface area (Å²) in [5.74, 6) is 0.101. The van der Waals surface area contributed by atoms with Gasteiger partial charge in [-0.1, -0.05) is 43.8 Å². The molecule has 1 amide bonds. The van der Waals surface area contributed by atoms with Crippen LogP contribution in [0.4, 0.5) is 5.69 Å². The van der Waals surface area contributed by atoms with Crippen LogP contribution in [0.15, 0.2) is 28.2 Å². The Labute approximate surface area is 196 Å². The third-order valence-corrected chi connectivity index (χ3v) is 8.07. The largest absolute Gasteiger partial charge is 0.383 e. The number of fused-ring (bicyclic) bond motifs is 3. The van der Waals surface area contributed by atoms with E-state index >= 15 is 0 Å². The summed E-state index contributed by atoms with van der Waals surface area (Å²) in [5.41, 5.74) is 4.34. The van der Waals surface area contributed by atoms with Crippen LogP contribution in [0.5, 0.6) is 0 Å². The molecule has 0 saturated heterocycles. The molecule has 3 aromatic rings. The number of methoxy groups -OCH3 is 1. The molecule has 0 saturated carbocycles. The minimum absolute atomic E-state index is 0.0149. The summed E-state index contributed by atoms with van der Waals surface area (Å²) in [7, 11) is 1.62. The highest BCUT2D eigenvalue weighted by Crippen LogP contribution is 2.35. The molecule has 0 spiro atoms. The lowest BCUT2D eigenvalue weighted by atomic mass is 10.0. The number of thiophene rings is 1. The number of aromatic nitrogens is 2. The first kappa shape index (κ1) is 23.0. The number of ether oxygens (including phenoxy) is 1. The van der Waals surface area contributed by atoms with Gasteiger partial charge >= 0.3 is 0 Å². The van der Waals surface area contributed by atoms with Gasteiger partial charge in [-0.2, -0.15) is 0 Å². The van der Waals surface area contributed by atoms with Crippen molar-refractivity contribution < 1.29 is 9.53 Å². The van der Waals surface area contributed by atoms with E-state index in [1.807, 2.05) is 6.07 Å². The molecule has 0 unspecified atom stereocenters. The van der Waals surface area contributed by atoms with Gasteiger partial charge in [0.2, 0.25) is 5.91 Å². The molecule has 8 heteroatoms. The highest BCUT2D eigenvalue weighted by Gasteiger charge is 2.23. The standard InChI is InChI=1S/C24H29N3O3S2/c1-4-15-8-6-9-16(5-2)21(15)25-19(28)14-31-24-26-22-20(17-10-7-11-18(17)32-22)23(29)27(24)12-13-30-3/h6,8-9H,4-5,7,10-14H2,1-3H3,(H,25,28). The molecular formula is C24H29N3O3S2. The van der Waals surface area contributed by atoms with E-state index in [0.29, 0.717) is 18.3 Å². The zero-order valence-electron chi connectivity index (χ0n) is 18.8. The van der Waals surface area contributed by atoms with Crippen molar-refractivity contribution >= 4 is 44.9 Å². The molecule has 0 fully saturated rings. The van der Waals surface area contributed by atoms with Gasteiger partial charge < -0.3 is 10.1 Å². The lowest BCUT2D eigenvalue weighted by Gasteiger charge is -2.15. The maximum absolute atomic E-state index is 13.3. The van der Waals surface area contributed by atoms with Crippen LogP contribution >= 0.6 is 23.1 Å². The van der Waals surface area contributed by atoms with E-state index in [1.165, 1.54) is 22.2 Å². The number of amides is 1. The van der Waals surface area contributed by atoms with E-state index in [0.717, 1.165) is 59.1 Å². The molecule has 0 aliphatic heterocycles. The van der Waals surface area contributed by atoms with Gasteiger partial charge in [0.15, 0.2) is 5.16 Å². The van der Waals surface area contributed by atoms with Gasteiger partial charge in [-0.15, -0.1) is 11.3 Å². The van der Waals surface area contributed by atoms with E-state index in [9.17, 15) is 9.59 Å². The number of hydrogen-bond donors (Lipinski definition) is 1. The number of nitrogens with one attached hydrogen (secondary N) is 1. The van der Waals surface area contributed by atoms with Gasteiger partial charge in [-0.25, -0.2) is 4.98 Å². The predicted molar refractivity (Wildman–Crippen MR) is 132 cm³/mol. The Hall–Kier alpha value is -2.16. The van der Waals surface area contributed by atoms with Gasteiger partial charge in [0, 0.05) is 17.7 Å². The Morgan fingerprint density at radius 3 is 2.69 bits per heavy atom. The van der Waals surface area contributed by atoms with Crippen LogP contribution in [0.3, 0.4) is 0 Å². The van der Waals surface area contributed by atoms with Crippen molar-refractivity contribution in [2.45, 2.75) is 57.7 Å². The predicted octanol–water partition coefficient (Wildman–Crippen LogP) is 4.45. The maximum Gasteiger partial charge on any atom is 0.263 e. The first-order valence-electron chi connectivity index (χ1n) is 11.1. The molecule has 4 rings (SSSR count). The van der Waals surface area contributed by atoms with Crippen LogP contribution in [0.2, 0.25) is 0 Å². The van der Waals surface area contributed by atoms with Crippen LogP contribution < -0.4 is 10.9 Å². The summed E-state index contributed by atoms with van der Waals surface area (Å²) in [6.07, 6.45) is 4.78. The Kier molecular flexibility index (Phi) is 7.33. The van der Waals surface area contributed by atoms with Crippen molar-refractivity contribution in [2.75, 3.05) is 24.8 Å². The summed E-state index contributed by atoms with van der Waals surface area (Å²) in [6.45, 7) is 5.02. The zero-order chi connectivity index (χ0) is 22.7. The van der Waals surface area contributed by atoms with Crippen molar-refractivity contribution in [3.8, 4) is 0 Å². The maximum atomic E-state index is 13.3. The molecule has 32 heavy (non-hydrogen) atoms. The van der Waals surface area contributed by atoms with Crippen LogP contribution in [-0.4, -0.2) is 34.9 Å². The molecule has 170 valence electrons. The molecule has 2 aromatic heterocycles. The fraction of sp³-hybridized carbons (Fsp3) is 0.458. The average molecular weight is 472 g/mol. The fourth-order valence-corrected chi connectivity index (χ4v) is 6.38. The second kappa shape index (κ2) is 10.2.